The fourth-order valence-corrected chi connectivity index (χ4v) is 3.12. The maximum absolute atomic E-state index is 12.3. The first kappa shape index (κ1) is 20.4. The van der Waals surface area contributed by atoms with Crippen molar-refractivity contribution in [3.8, 4) is 11.5 Å². The predicted octanol–water partition coefficient (Wildman–Crippen LogP) is 3.30. The zero-order valence-corrected chi connectivity index (χ0v) is 15.1. The normalized spacial score (nSPS) is 16.0. The minimum absolute atomic E-state index is 0.121. The minimum Gasteiger partial charge on any atom is -0.484 e. The number of carbonyl (C=O) groups is 1. The third-order valence-corrected chi connectivity index (χ3v) is 4.55. The van der Waals surface area contributed by atoms with Crippen LogP contribution < -0.4 is 9.47 Å². The molecule has 1 aliphatic rings. The Labute approximate surface area is 151 Å². The first-order valence-corrected chi connectivity index (χ1v) is 8.82. The minimum atomic E-state index is -4.73. The Bertz CT molecular complexity index is 566. The van der Waals surface area contributed by atoms with E-state index in [9.17, 15) is 18.0 Å². The lowest BCUT2D eigenvalue weighted by molar-refractivity contribution is -0.274. The van der Waals surface area contributed by atoms with E-state index in [4.69, 9.17) is 4.74 Å². The average molecular weight is 374 g/mol. The molecular formula is C18H25F3N2O3. The molecule has 1 heterocycles. The van der Waals surface area contributed by atoms with Crippen molar-refractivity contribution in [2.75, 3.05) is 32.8 Å². The van der Waals surface area contributed by atoms with Gasteiger partial charge in [-0.3, -0.25) is 9.69 Å². The molecule has 1 aromatic carbocycles. The Morgan fingerprint density at radius 3 is 2.08 bits per heavy atom. The smallest absolute Gasteiger partial charge is 0.484 e. The van der Waals surface area contributed by atoms with E-state index < -0.39 is 6.36 Å². The van der Waals surface area contributed by atoms with Crippen LogP contribution in [0.4, 0.5) is 13.2 Å². The number of benzene rings is 1. The molecule has 1 fully saturated rings. The number of halogens is 3. The molecule has 1 aliphatic heterocycles. The van der Waals surface area contributed by atoms with Gasteiger partial charge in [0.1, 0.15) is 11.5 Å². The van der Waals surface area contributed by atoms with Crippen LogP contribution in [-0.4, -0.2) is 60.9 Å². The van der Waals surface area contributed by atoms with Gasteiger partial charge in [0.15, 0.2) is 6.61 Å². The van der Waals surface area contributed by atoms with E-state index in [1.807, 2.05) is 0 Å². The topological polar surface area (TPSA) is 42.0 Å². The Kier molecular flexibility index (Phi) is 7.14. The second kappa shape index (κ2) is 9.12. The Morgan fingerprint density at radius 2 is 1.58 bits per heavy atom. The summed E-state index contributed by atoms with van der Waals surface area (Å²) in [5.41, 5.74) is 0. The lowest BCUT2D eigenvalue weighted by Crippen LogP contribution is -2.52. The van der Waals surface area contributed by atoms with Gasteiger partial charge in [0.25, 0.3) is 5.91 Å². The number of hydrogen-bond acceptors (Lipinski definition) is 4. The molecular weight excluding hydrogens is 349 g/mol. The van der Waals surface area contributed by atoms with Gasteiger partial charge in [0, 0.05) is 32.2 Å². The highest BCUT2D eigenvalue weighted by Gasteiger charge is 2.31. The number of amides is 1. The van der Waals surface area contributed by atoms with E-state index in [2.05, 4.69) is 23.5 Å². The molecule has 5 nitrogen and oxygen atoms in total. The molecule has 0 atom stereocenters. The lowest BCUT2D eigenvalue weighted by atomic mass is 10.1. The summed E-state index contributed by atoms with van der Waals surface area (Å²) in [6, 6.07) is 5.56. The van der Waals surface area contributed by atoms with Gasteiger partial charge in [0.2, 0.25) is 0 Å². The van der Waals surface area contributed by atoms with Crippen LogP contribution in [0.2, 0.25) is 0 Å². The molecule has 0 radical (unpaired) electrons. The number of piperazine rings is 1. The number of nitrogens with zero attached hydrogens (tertiary/aromatic N) is 2. The molecule has 146 valence electrons. The van der Waals surface area contributed by atoms with Crippen LogP contribution in [0.25, 0.3) is 0 Å². The summed E-state index contributed by atoms with van der Waals surface area (Å²) in [6.07, 6.45) is -2.53. The molecule has 0 bridgehead atoms. The lowest BCUT2D eigenvalue weighted by Gasteiger charge is -2.38. The van der Waals surface area contributed by atoms with Crippen LogP contribution in [0.15, 0.2) is 24.3 Å². The maximum Gasteiger partial charge on any atom is 0.573 e. The van der Waals surface area contributed by atoms with E-state index in [1.54, 1.807) is 4.90 Å². The van der Waals surface area contributed by atoms with Gasteiger partial charge in [-0.2, -0.15) is 0 Å². The van der Waals surface area contributed by atoms with E-state index in [0.29, 0.717) is 24.9 Å². The SMILES string of the molecule is CCC(CC)N1CCN(C(=O)COc2ccc(OC(F)(F)F)cc2)CC1. The van der Waals surface area contributed by atoms with Gasteiger partial charge in [-0.15, -0.1) is 13.2 Å². The number of carbonyl (C=O) groups excluding carboxylic acids is 1. The summed E-state index contributed by atoms with van der Waals surface area (Å²) in [7, 11) is 0. The van der Waals surface area contributed by atoms with Crippen molar-refractivity contribution < 1.29 is 27.4 Å². The summed E-state index contributed by atoms with van der Waals surface area (Å²) in [4.78, 5) is 16.4. The average Bonchev–Trinajstić information content (AvgIpc) is 2.61. The van der Waals surface area contributed by atoms with Crippen molar-refractivity contribution in [2.24, 2.45) is 0 Å². The van der Waals surface area contributed by atoms with Crippen LogP contribution in [-0.2, 0) is 4.79 Å². The molecule has 0 N–H and O–H groups in total. The second-order valence-electron chi connectivity index (χ2n) is 6.19. The summed E-state index contributed by atoms with van der Waals surface area (Å²) in [5, 5.41) is 0. The van der Waals surface area contributed by atoms with E-state index in [1.165, 1.54) is 12.1 Å². The number of ether oxygens (including phenoxy) is 2. The fraction of sp³-hybridized carbons (Fsp3) is 0.611. The van der Waals surface area contributed by atoms with E-state index in [0.717, 1.165) is 38.1 Å². The highest BCUT2D eigenvalue weighted by Crippen LogP contribution is 2.24. The summed E-state index contributed by atoms with van der Waals surface area (Å²) in [6.45, 7) is 7.23. The molecule has 8 heteroatoms. The molecule has 2 rings (SSSR count). The fourth-order valence-electron chi connectivity index (χ4n) is 3.12. The Morgan fingerprint density at radius 1 is 1.04 bits per heavy atom. The third kappa shape index (κ3) is 6.09. The zero-order chi connectivity index (χ0) is 19.2. The molecule has 1 saturated heterocycles. The summed E-state index contributed by atoms with van der Waals surface area (Å²) < 4.78 is 45.5. The van der Waals surface area contributed by atoms with Crippen LogP contribution in [0.1, 0.15) is 26.7 Å². The molecule has 1 amide bonds. The van der Waals surface area contributed by atoms with Gasteiger partial charge >= 0.3 is 6.36 Å². The van der Waals surface area contributed by atoms with Crippen LogP contribution in [0.5, 0.6) is 11.5 Å². The number of rotatable bonds is 7. The van der Waals surface area contributed by atoms with E-state index in [-0.39, 0.29) is 18.3 Å². The van der Waals surface area contributed by atoms with Crippen molar-refractivity contribution in [3.63, 3.8) is 0 Å². The quantitative estimate of drug-likeness (QED) is 0.735. The molecule has 0 aliphatic carbocycles. The van der Waals surface area contributed by atoms with Gasteiger partial charge in [-0.25, -0.2) is 0 Å². The maximum atomic E-state index is 12.3. The predicted molar refractivity (Wildman–Crippen MR) is 91.1 cm³/mol. The Balaban J connectivity index is 1.77. The molecule has 0 saturated carbocycles. The van der Waals surface area contributed by atoms with E-state index >= 15 is 0 Å². The first-order chi connectivity index (χ1) is 12.3. The summed E-state index contributed by atoms with van der Waals surface area (Å²) >= 11 is 0. The monoisotopic (exact) mass is 374 g/mol. The molecule has 0 unspecified atom stereocenters. The standard InChI is InChI=1S/C18H25F3N2O3/c1-3-14(4-2)22-9-11-23(12-10-22)17(24)13-25-15-5-7-16(8-6-15)26-18(19,20)21/h5-8,14H,3-4,9-13H2,1-2H3. The molecule has 0 aromatic heterocycles. The third-order valence-electron chi connectivity index (χ3n) is 4.55. The number of alkyl halides is 3. The molecule has 1 aromatic rings. The first-order valence-electron chi connectivity index (χ1n) is 8.82. The summed E-state index contributed by atoms with van der Waals surface area (Å²) in [5.74, 6) is -0.123. The van der Waals surface area contributed by atoms with Crippen LogP contribution in [0.3, 0.4) is 0 Å². The van der Waals surface area contributed by atoms with Crippen molar-refractivity contribution in [2.45, 2.75) is 39.1 Å². The van der Waals surface area contributed by atoms with Crippen molar-refractivity contribution >= 4 is 5.91 Å². The second-order valence-corrected chi connectivity index (χ2v) is 6.19. The highest BCUT2D eigenvalue weighted by atomic mass is 19.4. The van der Waals surface area contributed by atoms with Crippen molar-refractivity contribution in [1.82, 2.24) is 9.80 Å². The van der Waals surface area contributed by atoms with Gasteiger partial charge in [0.05, 0.1) is 0 Å². The number of hydrogen-bond donors (Lipinski definition) is 0. The van der Waals surface area contributed by atoms with Crippen LogP contribution in [0, 0.1) is 0 Å². The molecule has 26 heavy (non-hydrogen) atoms. The zero-order valence-electron chi connectivity index (χ0n) is 15.1. The van der Waals surface area contributed by atoms with Gasteiger partial charge < -0.3 is 14.4 Å². The van der Waals surface area contributed by atoms with Crippen molar-refractivity contribution in [1.29, 1.82) is 0 Å². The Hall–Kier alpha value is -1.96. The van der Waals surface area contributed by atoms with Crippen molar-refractivity contribution in [3.05, 3.63) is 24.3 Å². The largest absolute Gasteiger partial charge is 0.573 e. The highest BCUT2D eigenvalue weighted by molar-refractivity contribution is 5.77. The van der Waals surface area contributed by atoms with Gasteiger partial charge in [-0.1, -0.05) is 13.8 Å². The molecule has 0 spiro atoms. The van der Waals surface area contributed by atoms with Crippen LogP contribution >= 0.6 is 0 Å². The van der Waals surface area contributed by atoms with Gasteiger partial charge in [-0.05, 0) is 37.1 Å².